The summed E-state index contributed by atoms with van der Waals surface area (Å²) in [6.07, 6.45) is 1.52. The van der Waals surface area contributed by atoms with Crippen LogP contribution in [-0.4, -0.2) is 40.3 Å². The lowest BCUT2D eigenvalue weighted by atomic mass is 10.0. The van der Waals surface area contributed by atoms with Crippen LogP contribution >= 0.6 is 23.1 Å². The van der Waals surface area contributed by atoms with Crippen molar-refractivity contribution in [2.45, 2.75) is 38.0 Å². The maximum absolute atomic E-state index is 12.3. The maximum atomic E-state index is 12.3. The van der Waals surface area contributed by atoms with Crippen molar-refractivity contribution in [2.75, 3.05) is 23.0 Å². The number of carbonyl (C=O) groups excluding carboxylic acids is 3. The topological polar surface area (TPSA) is 110 Å². The van der Waals surface area contributed by atoms with Crippen LogP contribution in [0.1, 0.15) is 44.0 Å². The van der Waals surface area contributed by atoms with Crippen molar-refractivity contribution in [3.63, 3.8) is 0 Å². The molecule has 1 aromatic heterocycles. The number of thioether (sulfide) groups is 1. The van der Waals surface area contributed by atoms with E-state index in [1.54, 1.807) is 31.2 Å². The van der Waals surface area contributed by atoms with Crippen molar-refractivity contribution in [1.29, 1.82) is 0 Å². The SMILES string of the molecule is CCOC(=O)c1ccccc1NC(=O)CSc1nnc(NC(=O)C(CC)CC)s1. The minimum absolute atomic E-state index is 0.0553. The first-order valence-electron chi connectivity index (χ1n) is 9.31. The summed E-state index contributed by atoms with van der Waals surface area (Å²) in [5.41, 5.74) is 0.696. The summed E-state index contributed by atoms with van der Waals surface area (Å²) in [5, 5.41) is 13.8. The Kier molecular flexibility index (Phi) is 9.07. The van der Waals surface area contributed by atoms with Gasteiger partial charge in [-0.15, -0.1) is 10.2 Å². The first-order chi connectivity index (χ1) is 14.0. The third kappa shape index (κ3) is 6.82. The van der Waals surface area contributed by atoms with E-state index in [1.165, 1.54) is 23.1 Å². The van der Waals surface area contributed by atoms with Gasteiger partial charge in [0.2, 0.25) is 16.9 Å². The van der Waals surface area contributed by atoms with Gasteiger partial charge in [0.25, 0.3) is 0 Å². The lowest BCUT2D eigenvalue weighted by molar-refractivity contribution is -0.120. The number of hydrogen-bond donors (Lipinski definition) is 2. The Morgan fingerprint density at radius 2 is 1.83 bits per heavy atom. The summed E-state index contributed by atoms with van der Waals surface area (Å²) < 4.78 is 5.57. The van der Waals surface area contributed by atoms with E-state index in [2.05, 4.69) is 20.8 Å². The van der Waals surface area contributed by atoms with Gasteiger partial charge in [0, 0.05) is 5.92 Å². The molecule has 0 radical (unpaired) electrons. The number of anilines is 2. The minimum Gasteiger partial charge on any atom is -0.462 e. The van der Waals surface area contributed by atoms with E-state index >= 15 is 0 Å². The van der Waals surface area contributed by atoms with Gasteiger partial charge >= 0.3 is 5.97 Å². The third-order valence-electron chi connectivity index (χ3n) is 4.02. The number of benzene rings is 1. The van der Waals surface area contributed by atoms with Crippen LogP contribution in [0.5, 0.6) is 0 Å². The summed E-state index contributed by atoms with van der Waals surface area (Å²) in [4.78, 5) is 36.4. The number of nitrogens with one attached hydrogen (secondary N) is 2. The van der Waals surface area contributed by atoms with Crippen LogP contribution in [0.3, 0.4) is 0 Å². The van der Waals surface area contributed by atoms with E-state index in [-0.39, 0.29) is 30.1 Å². The summed E-state index contributed by atoms with van der Waals surface area (Å²) >= 11 is 2.42. The summed E-state index contributed by atoms with van der Waals surface area (Å²) in [5.74, 6) is -0.814. The number of esters is 1. The summed E-state index contributed by atoms with van der Waals surface area (Å²) in [6.45, 7) is 5.91. The molecule has 156 valence electrons. The number of carbonyl (C=O) groups is 3. The Balaban J connectivity index is 1.90. The van der Waals surface area contributed by atoms with Gasteiger partial charge in [-0.25, -0.2) is 4.79 Å². The second kappa shape index (κ2) is 11.5. The highest BCUT2D eigenvalue weighted by Crippen LogP contribution is 2.26. The van der Waals surface area contributed by atoms with Crippen LogP contribution in [0.4, 0.5) is 10.8 Å². The molecule has 8 nitrogen and oxygen atoms in total. The Bertz CT molecular complexity index is 852. The van der Waals surface area contributed by atoms with E-state index in [0.29, 0.717) is 20.7 Å². The fraction of sp³-hybridized carbons (Fsp3) is 0.421. The molecule has 2 rings (SSSR count). The highest BCUT2D eigenvalue weighted by molar-refractivity contribution is 8.01. The standard InChI is InChI=1S/C19H24N4O4S2/c1-4-12(5-2)16(25)21-18-22-23-19(29-18)28-11-15(24)20-14-10-8-7-9-13(14)17(26)27-6-3/h7-10,12H,4-6,11H2,1-3H3,(H,20,24)(H,21,22,25). The Labute approximate surface area is 177 Å². The van der Waals surface area contributed by atoms with Gasteiger partial charge in [-0.05, 0) is 31.9 Å². The first kappa shape index (κ1) is 22.8. The predicted molar refractivity (Wildman–Crippen MR) is 114 cm³/mol. The van der Waals surface area contributed by atoms with Gasteiger partial charge in [0.1, 0.15) is 0 Å². The van der Waals surface area contributed by atoms with Gasteiger partial charge in [-0.3, -0.25) is 9.59 Å². The summed E-state index contributed by atoms with van der Waals surface area (Å²) in [6, 6.07) is 6.67. The zero-order chi connectivity index (χ0) is 21.2. The van der Waals surface area contributed by atoms with Gasteiger partial charge in [0.05, 0.1) is 23.6 Å². The maximum Gasteiger partial charge on any atom is 0.340 e. The number of amides is 2. The molecule has 0 aliphatic rings. The van der Waals surface area contributed by atoms with Crippen molar-refractivity contribution in [1.82, 2.24) is 10.2 Å². The predicted octanol–water partition coefficient (Wildman–Crippen LogP) is 3.82. The second-order valence-corrected chi connectivity index (χ2v) is 8.18. The largest absolute Gasteiger partial charge is 0.462 e. The average Bonchev–Trinajstić information content (AvgIpc) is 3.15. The van der Waals surface area contributed by atoms with E-state index in [9.17, 15) is 14.4 Å². The van der Waals surface area contributed by atoms with E-state index in [1.807, 2.05) is 13.8 Å². The lowest BCUT2D eigenvalue weighted by Gasteiger charge is -2.10. The molecule has 0 unspecified atom stereocenters. The molecule has 0 atom stereocenters. The molecule has 1 heterocycles. The molecule has 0 aliphatic heterocycles. The first-order valence-corrected chi connectivity index (χ1v) is 11.1. The number of ether oxygens (including phenoxy) is 1. The molecule has 1 aromatic carbocycles. The van der Waals surface area contributed by atoms with Crippen LogP contribution in [0, 0.1) is 5.92 Å². The van der Waals surface area contributed by atoms with E-state index in [4.69, 9.17) is 4.74 Å². The highest BCUT2D eigenvalue weighted by Gasteiger charge is 2.17. The number of aromatic nitrogens is 2. The van der Waals surface area contributed by atoms with Crippen molar-refractivity contribution >= 4 is 51.7 Å². The average molecular weight is 437 g/mol. The number of nitrogens with zero attached hydrogens (tertiary/aromatic N) is 2. The van der Waals surface area contributed by atoms with Gasteiger partial charge in [-0.1, -0.05) is 49.1 Å². The van der Waals surface area contributed by atoms with Crippen molar-refractivity contribution in [3.05, 3.63) is 29.8 Å². The van der Waals surface area contributed by atoms with Gasteiger partial charge in [-0.2, -0.15) is 0 Å². The van der Waals surface area contributed by atoms with Crippen LogP contribution in [0.15, 0.2) is 28.6 Å². The van der Waals surface area contributed by atoms with Crippen LogP contribution in [0.2, 0.25) is 0 Å². The fourth-order valence-electron chi connectivity index (χ4n) is 2.48. The van der Waals surface area contributed by atoms with Crippen molar-refractivity contribution < 1.29 is 19.1 Å². The fourth-order valence-corrected chi connectivity index (χ4v) is 4.03. The molecular weight excluding hydrogens is 412 g/mol. The molecule has 0 bridgehead atoms. The zero-order valence-corrected chi connectivity index (χ0v) is 18.2. The normalized spacial score (nSPS) is 10.6. The third-order valence-corrected chi connectivity index (χ3v) is 5.99. The molecule has 0 spiro atoms. The van der Waals surface area contributed by atoms with Crippen molar-refractivity contribution in [3.8, 4) is 0 Å². The number of para-hydroxylation sites is 1. The Morgan fingerprint density at radius 3 is 2.52 bits per heavy atom. The van der Waals surface area contributed by atoms with E-state index in [0.717, 1.165) is 12.8 Å². The number of hydrogen-bond acceptors (Lipinski definition) is 8. The molecule has 2 aromatic rings. The molecule has 2 N–H and O–H groups in total. The zero-order valence-electron chi connectivity index (χ0n) is 16.6. The van der Waals surface area contributed by atoms with Gasteiger partial charge in [0.15, 0.2) is 4.34 Å². The molecule has 10 heteroatoms. The van der Waals surface area contributed by atoms with E-state index < -0.39 is 5.97 Å². The molecular formula is C19H24N4O4S2. The number of rotatable bonds is 10. The van der Waals surface area contributed by atoms with Crippen LogP contribution in [-0.2, 0) is 14.3 Å². The molecule has 0 saturated carbocycles. The second-order valence-electron chi connectivity index (χ2n) is 5.98. The minimum atomic E-state index is -0.488. The smallest absolute Gasteiger partial charge is 0.340 e. The monoisotopic (exact) mass is 436 g/mol. The van der Waals surface area contributed by atoms with Crippen LogP contribution in [0.25, 0.3) is 0 Å². The molecule has 0 fully saturated rings. The lowest BCUT2D eigenvalue weighted by Crippen LogP contribution is -2.21. The molecule has 29 heavy (non-hydrogen) atoms. The Morgan fingerprint density at radius 1 is 1.10 bits per heavy atom. The van der Waals surface area contributed by atoms with Crippen LogP contribution < -0.4 is 10.6 Å². The summed E-state index contributed by atoms with van der Waals surface area (Å²) in [7, 11) is 0. The molecule has 0 aliphatic carbocycles. The molecule has 0 saturated heterocycles. The Hall–Kier alpha value is -2.46. The van der Waals surface area contributed by atoms with Gasteiger partial charge < -0.3 is 15.4 Å². The highest BCUT2D eigenvalue weighted by atomic mass is 32.2. The van der Waals surface area contributed by atoms with Crippen molar-refractivity contribution in [2.24, 2.45) is 5.92 Å². The molecule has 2 amide bonds. The quantitative estimate of drug-likeness (QED) is 0.331.